The van der Waals surface area contributed by atoms with Crippen LogP contribution >= 0.6 is 0 Å². The van der Waals surface area contributed by atoms with Gasteiger partial charge in [0, 0.05) is 19.2 Å². The average Bonchev–Trinajstić information content (AvgIpc) is 2.05. The normalized spacial score (nSPS) is 9.83. The van der Waals surface area contributed by atoms with Crippen molar-refractivity contribution in [2.24, 2.45) is 0 Å². The highest BCUT2D eigenvalue weighted by atomic mass is 16.1. The van der Waals surface area contributed by atoms with Gasteiger partial charge in [0.1, 0.15) is 5.82 Å². The first-order chi connectivity index (χ1) is 5.77. The van der Waals surface area contributed by atoms with Gasteiger partial charge in [-0.3, -0.25) is 9.36 Å². The van der Waals surface area contributed by atoms with E-state index < -0.39 is 0 Å². The Kier molecular flexibility index (Phi) is 2.85. The highest BCUT2D eigenvalue weighted by Gasteiger charge is 1.95. The zero-order chi connectivity index (χ0) is 8.97. The molecule has 1 aromatic rings. The maximum atomic E-state index is 11.2. The van der Waals surface area contributed by atoms with Crippen LogP contribution in [0.1, 0.15) is 13.8 Å². The van der Waals surface area contributed by atoms with E-state index >= 15 is 0 Å². The Bertz CT molecular complexity index is 305. The van der Waals surface area contributed by atoms with Crippen molar-refractivity contribution in [3.63, 3.8) is 0 Å². The first-order valence-electron chi connectivity index (χ1n) is 4.08. The van der Waals surface area contributed by atoms with E-state index in [1.807, 2.05) is 13.8 Å². The summed E-state index contributed by atoms with van der Waals surface area (Å²) in [6.45, 7) is 5.32. The maximum Gasteiger partial charge on any atom is 0.255 e. The van der Waals surface area contributed by atoms with Crippen molar-refractivity contribution in [1.82, 2.24) is 9.55 Å². The zero-order valence-corrected chi connectivity index (χ0v) is 7.37. The maximum absolute atomic E-state index is 11.2. The molecule has 0 spiro atoms. The highest BCUT2D eigenvalue weighted by Crippen LogP contribution is 1.94. The molecule has 0 atom stereocenters. The molecule has 0 aliphatic rings. The van der Waals surface area contributed by atoms with Gasteiger partial charge in [-0.2, -0.15) is 0 Å². The van der Waals surface area contributed by atoms with Crippen molar-refractivity contribution in [2.45, 2.75) is 20.4 Å². The Morgan fingerprint density at radius 2 is 2.33 bits per heavy atom. The number of anilines is 1. The molecule has 0 radical (unpaired) electrons. The Morgan fingerprint density at radius 1 is 1.58 bits per heavy atom. The Morgan fingerprint density at radius 3 is 2.83 bits per heavy atom. The van der Waals surface area contributed by atoms with Gasteiger partial charge in [-0.1, -0.05) is 0 Å². The summed E-state index contributed by atoms with van der Waals surface area (Å²) in [5.41, 5.74) is -0.0107. The topological polar surface area (TPSA) is 46.9 Å². The van der Waals surface area contributed by atoms with Crippen LogP contribution in [0.3, 0.4) is 0 Å². The van der Waals surface area contributed by atoms with Crippen LogP contribution in [-0.2, 0) is 6.54 Å². The fourth-order valence-electron chi connectivity index (χ4n) is 0.941. The van der Waals surface area contributed by atoms with Crippen LogP contribution in [0.15, 0.2) is 17.2 Å². The molecule has 1 heterocycles. The molecule has 4 heteroatoms. The van der Waals surface area contributed by atoms with Crippen LogP contribution in [0.2, 0.25) is 0 Å². The summed E-state index contributed by atoms with van der Waals surface area (Å²) in [6.07, 6.45) is 1.56. The van der Waals surface area contributed by atoms with Crippen molar-refractivity contribution >= 4 is 5.82 Å². The molecule has 0 unspecified atom stereocenters. The first kappa shape index (κ1) is 8.77. The van der Waals surface area contributed by atoms with E-state index in [9.17, 15) is 4.79 Å². The lowest BCUT2D eigenvalue weighted by molar-refractivity contribution is 0.707. The minimum atomic E-state index is -0.0107. The van der Waals surface area contributed by atoms with Crippen molar-refractivity contribution in [3.8, 4) is 0 Å². The van der Waals surface area contributed by atoms with Gasteiger partial charge in [-0.25, -0.2) is 4.98 Å². The number of nitrogens with zero attached hydrogens (tertiary/aromatic N) is 2. The van der Waals surface area contributed by atoms with Gasteiger partial charge in [0.15, 0.2) is 0 Å². The number of nitrogens with one attached hydrogen (secondary N) is 1. The number of hydrogen-bond donors (Lipinski definition) is 1. The van der Waals surface area contributed by atoms with Crippen molar-refractivity contribution in [2.75, 3.05) is 11.9 Å². The van der Waals surface area contributed by atoms with E-state index in [1.54, 1.807) is 10.9 Å². The first-order valence-corrected chi connectivity index (χ1v) is 4.08. The van der Waals surface area contributed by atoms with Crippen molar-refractivity contribution in [3.05, 3.63) is 22.7 Å². The number of aromatic nitrogens is 2. The standard InChI is InChI=1S/C8H13N3O/c1-3-9-7-5-8(12)11(4-2)6-10-7/h5-6,9H,3-4H2,1-2H3. The van der Waals surface area contributed by atoms with Gasteiger partial charge in [0.2, 0.25) is 0 Å². The van der Waals surface area contributed by atoms with E-state index in [0.29, 0.717) is 12.4 Å². The molecule has 1 N–H and O–H groups in total. The lowest BCUT2D eigenvalue weighted by Gasteiger charge is -2.03. The third-order valence-electron chi connectivity index (χ3n) is 1.58. The van der Waals surface area contributed by atoms with Gasteiger partial charge in [0.05, 0.1) is 6.33 Å². The number of hydrogen-bond acceptors (Lipinski definition) is 3. The molecule has 4 nitrogen and oxygen atoms in total. The summed E-state index contributed by atoms with van der Waals surface area (Å²) in [5, 5.41) is 2.98. The molecule has 0 saturated carbocycles. The third-order valence-corrected chi connectivity index (χ3v) is 1.58. The summed E-state index contributed by atoms with van der Waals surface area (Å²) in [5.74, 6) is 0.646. The monoisotopic (exact) mass is 167 g/mol. The second-order valence-corrected chi connectivity index (χ2v) is 2.43. The zero-order valence-electron chi connectivity index (χ0n) is 7.37. The van der Waals surface area contributed by atoms with E-state index in [0.717, 1.165) is 6.54 Å². The lowest BCUT2D eigenvalue weighted by Crippen LogP contribution is -2.19. The van der Waals surface area contributed by atoms with Gasteiger partial charge in [-0.15, -0.1) is 0 Å². The van der Waals surface area contributed by atoms with Gasteiger partial charge >= 0.3 is 0 Å². The fourth-order valence-corrected chi connectivity index (χ4v) is 0.941. The van der Waals surface area contributed by atoms with E-state index in [4.69, 9.17) is 0 Å². The molecule has 0 fully saturated rings. The molecule has 0 aromatic carbocycles. The van der Waals surface area contributed by atoms with Gasteiger partial charge < -0.3 is 5.32 Å². The molecule has 0 bridgehead atoms. The quantitative estimate of drug-likeness (QED) is 0.720. The third kappa shape index (κ3) is 1.84. The highest BCUT2D eigenvalue weighted by molar-refractivity contribution is 5.31. The molecule has 0 amide bonds. The van der Waals surface area contributed by atoms with E-state index in [-0.39, 0.29) is 5.56 Å². The summed E-state index contributed by atoms with van der Waals surface area (Å²) < 4.78 is 1.56. The van der Waals surface area contributed by atoms with Crippen LogP contribution in [-0.4, -0.2) is 16.1 Å². The number of aryl methyl sites for hydroxylation is 1. The van der Waals surface area contributed by atoms with Crippen molar-refractivity contribution in [1.29, 1.82) is 0 Å². The smallest absolute Gasteiger partial charge is 0.255 e. The summed E-state index contributed by atoms with van der Waals surface area (Å²) in [6, 6.07) is 1.51. The summed E-state index contributed by atoms with van der Waals surface area (Å²) in [7, 11) is 0. The molecular formula is C8H13N3O. The second-order valence-electron chi connectivity index (χ2n) is 2.43. The lowest BCUT2D eigenvalue weighted by atomic mass is 10.5. The van der Waals surface area contributed by atoms with Crippen LogP contribution in [0, 0.1) is 0 Å². The predicted molar refractivity (Wildman–Crippen MR) is 48.3 cm³/mol. The largest absolute Gasteiger partial charge is 0.370 e. The van der Waals surface area contributed by atoms with Gasteiger partial charge in [-0.05, 0) is 13.8 Å². The minimum Gasteiger partial charge on any atom is -0.370 e. The van der Waals surface area contributed by atoms with Crippen LogP contribution in [0.4, 0.5) is 5.82 Å². The van der Waals surface area contributed by atoms with Crippen LogP contribution in [0.25, 0.3) is 0 Å². The molecular weight excluding hydrogens is 154 g/mol. The predicted octanol–water partition coefficient (Wildman–Crippen LogP) is 0.695. The molecule has 0 aliphatic carbocycles. The van der Waals surface area contributed by atoms with E-state index in [1.165, 1.54) is 6.07 Å². The molecule has 1 aromatic heterocycles. The van der Waals surface area contributed by atoms with E-state index in [2.05, 4.69) is 10.3 Å². The van der Waals surface area contributed by atoms with Crippen molar-refractivity contribution < 1.29 is 0 Å². The van der Waals surface area contributed by atoms with Crippen LogP contribution < -0.4 is 10.9 Å². The Hall–Kier alpha value is -1.32. The van der Waals surface area contributed by atoms with Gasteiger partial charge in [0.25, 0.3) is 5.56 Å². The molecule has 0 saturated heterocycles. The molecule has 66 valence electrons. The molecule has 1 rings (SSSR count). The minimum absolute atomic E-state index is 0.0107. The summed E-state index contributed by atoms with van der Waals surface area (Å²) in [4.78, 5) is 15.3. The molecule has 12 heavy (non-hydrogen) atoms. The average molecular weight is 167 g/mol. The molecule has 0 aliphatic heterocycles. The second kappa shape index (κ2) is 3.90. The SMILES string of the molecule is CCNc1cc(=O)n(CC)cn1. The summed E-state index contributed by atoms with van der Waals surface area (Å²) >= 11 is 0. The van der Waals surface area contributed by atoms with Crippen LogP contribution in [0.5, 0.6) is 0 Å². The number of rotatable bonds is 3. The Balaban J connectivity index is 2.94. The fraction of sp³-hybridized carbons (Fsp3) is 0.500. The Labute approximate surface area is 71.3 Å².